The highest BCUT2D eigenvalue weighted by molar-refractivity contribution is 6.39. The van der Waals surface area contributed by atoms with Crippen LogP contribution in [0.1, 0.15) is 10.4 Å². The normalized spacial score (nSPS) is 10.4. The van der Waals surface area contributed by atoms with Gasteiger partial charge in [-0.15, -0.1) is 0 Å². The summed E-state index contributed by atoms with van der Waals surface area (Å²) in [6, 6.07) is 5.73. The number of benzene rings is 1. The minimum absolute atomic E-state index is 0.175. The van der Waals surface area contributed by atoms with Crippen molar-refractivity contribution in [1.29, 1.82) is 0 Å². The Labute approximate surface area is 112 Å². The molecule has 92 valence electrons. The van der Waals surface area contributed by atoms with Gasteiger partial charge < -0.3 is 5.11 Å². The molecular formula is C12H6Cl2FNO2. The maximum atomic E-state index is 14.0. The summed E-state index contributed by atoms with van der Waals surface area (Å²) < 4.78 is 14.0. The van der Waals surface area contributed by atoms with E-state index in [1.165, 1.54) is 18.3 Å². The van der Waals surface area contributed by atoms with Crippen LogP contribution in [0.25, 0.3) is 11.3 Å². The summed E-state index contributed by atoms with van der Waals surface area (Å²) in [6.07, 6.45) is 1.20. The van der Waals surface area contributed by atoms with Gasteiger partial charge in [-0.1, -0.05) is 29.3 Å². The van der Waals surface area contributed by atoms with E-state index in [1.54, 1.807) is 6.07 Å². The van der Waals surface area contributed by atoms with Crippen LogP contribution in [0.2, 0.25) is 10.0 Å². The van der Waals surface area contributed by atoms with Gasteiger partial charge in [0, 0.05) is 11.8 Å². The molecule has 2 aromatic rings. The zero-order valence-electron chi connectivity index (χ0n) is 8.82. The van der Waals surface area contributed by atoms with E-state index in [1.807, 2.05) is 0 Å². The quantitative estimate of drug-likeness (QED) is 0.911. The van der Waals surface area contributed by atoms with Crippen molar-refractivity contribution in [3.8, 4) is 11.3 Å². The number of hydrogen-bond acceptors (Lipinski definition) is 2. The number of rotatable bonds is 2. The second-order valence-corrected chi connectivity index (χ2v) is 4.24. The van der Waals surface area contributed by atoms with Crippen LogP contribution in [-0.2, 0) is 0 Å². The van der Waals surface area contributed by atoms with Crippen LogP contribution in [0, 0.1) is 5.82 Å². The van der Waals surface area contributed by atoms with Crippen LogP contribution >= 0.6 is 23.2 Å². The van der Waals surface area contributed by atoms with E-state index >= 15 is 0 Å². The standard InChI is InChI=1S/C12H6Cl2FNO2/c13-7-2-1-3-8(14)9(7)11-10(15)6(12(17)18)4-5-16-11/h1-5H,(H,17,18). The molecule has 2 rings (SSSR count). The number of aromatic carboxylic acids is 1. The van der Waals surface area contributed by atoms with Crippen molar-refractivity contribution in [2.75, 3.05) is 0 Å². The molecular weight excluding hydrogens is 280 g/mol. The van der Waals surface area contributed by atoms with Gasteiger partial charge in [0.2, 0.25) is 0 Å². The molecule has 18 heavy (non-hydrogen) atoms. The number of halogens is 3. The minimum atomic E-state index is -1.38. The van der Waals surface area contributed by atoms with Gasteiger partial charge in [-0.3, -0.25) is 4.98 Å². The summed E-state index contributed by atoms with van der Waals surface area (Å²) in [4.78, 5) is 14.6. The lowest BCUT2D eigenvalue weighted by Crippen LogP contribution is -2.03. The van der Waals surface area contributed by atoms with Crippen molar-refractivity contribution < 1.29 is 14.3 Å². The maximum absolute atomic E-state index is 14.0. The average molecular weight is 286 g/mol. The predicted octanol–water partition coefficient (Wildman–Crippen LogP) is 3.89. The Morgan fingerprint density at radius 2 is 1.83 bits per heavy atom. The molecule has 0 saturated heterocycles. The summed E-state index contributed by atoms with van der Waals surface area (Å²) in [5.74, 6) is -2.33. The van der Waals surface area contributed by atoms with Gasteiger partial charge >= 0.3 is 5.97 Å². The van der Waals surface area contributed by atoms with E-state index in [9.17, 15) is 9.18 Å². The van der Waals surface area contributed by atoms with Crippen LogP contribution in [0.15, 0.2) is 30.5 Å². The Hall–Kier alpha value is -1.65. The molecule has 0 aliphatic carbocycles. The zero-order chi connectivity index (χ0) is 13.3. The number of nitrogens with zero attached hydrogens (tertiary/aromatic N) is 1. The predicted molar refractivity (Wildman–Crippen MR) is 66.6 cm³/mol. The molecule has 0 aliphatic heterocycles. The van der Waals surface area contributed by atoms with Gasteiger partial charge in [0.15, 0.2) is 5.82 Å². The first kappa shape index (κ1) is 12.8. The van der Waals surface area contributed by atoms with Crippen molar-refractivity contribution in [1.82, 2.24) is 4.98 Å². The highest BCUT2D eigenvalue weighted by Crippen LogP contribution is 2.35. The molecule has 0 fully saturated rings. The molecule has 3 nitrogen and oxygen atoms in total. The monoisotopic (exact) mass is 285 g/mol. The maximum Gasteiger partial charge on any atom is 0.338 e. The molecule has 1 N–H and O–H groups in total. The number of carboxylic acid groups (broad SMARTS) is 1. The highest BCUT2D eigenvalue weighted by atomic mass is 35.5. The summed E-state index contributed by atoms with van der Waals surface area (Å²) in [7, 11) is 0. The van der Waals surface area contributed by atoms with E-state index in [-0.39, 0.29) is 21.3 Å². The molecule has 0 radical (unpaired) electrons. The van der Waals surface area contributed by atoms with Crippen LogP contribution in [0.5, 0.6) is 0 Å². The molecule has 0 atom stereocenters. The van der Waals surface area contributed by atoms with E-state index in [0.717, 1.165) is 6.07 Å². The molecule has 1 aromatic carbocycles. The second kappa shape index (κ2) is 4.92. The van der Waals surface area contributed by atoms with E-state index in [4.69, 9.17) is 28.3 Å². The lowest BCUT2D eigenvalue weighted by molar-refractivity contribution is 0.0692. The zero-order valence-corrected chi connectivity index (χ0v) is 10.3. The summed E-state index contributed by atoms with van der Waals surface area (Å²) in [5.41, 5.74) is -0.470. The van der Waals surface area contributed by atoms with Gasteiger partial charge in [0.1, 0.15) is 5.69 Å². The van der Waals surface area contributed by atoms with E-state index in [0.29, 0.717) is 0 Å². The van der Waals surface area contributed by atoms with E-state index < -0.39 is 17.3 Å². The Bertz CT molecular complexity index is 611. The Morgan fingerprint density at radius 1 is 1.22 bits per heavy atom. The van der Waals surface area contributed by atoms with Crippen molar-refractivity contribution in [3.05, 3.63) is 51.9 Å². The third-order valence-corrected chi connectivity index (χ3v) is 2.95. The fourth-order valence-electron chi connectivity index (χ4n) is 1.51. The van der Waals surface area contributed by atoms with Gasteiger partial charge in [-0.25, -0.2) is 9.18 Å². The van der Waals surface area contributed by atoms with Gasteiger partial charge in [-0.05, 0) is 18.2 Å². The lowest BCUT2D eigenvalue weighted by Gasteiger charge is -2.08. The lowest BCUT2D eigenvalue weighted by atomic mass is 10.1. The van der Waals surface area contributed by atoms with Gasteiger partial charge in [0.25, 0.3) is 0 Å². The number of pyridine rings is 1. The van der Waals surface area contributed by atoms with Crippen molar-refractivity contribution in [2.24, 2.45) is 0 Å². The van der Waals surface area contributed by atoms with Crippen LogP contribution < -0.4 is 0 Å². The van der Waals surface area contributed by atoms with Crippen LogP contribution in [0.3, 0.4) is 0 Å². The Kier molecular flexibility index (Phi) is 3.50. The molecule has 1 aromatic heterocycles. The summed E-state index contributed by atoms with van der Waals surface area (Å²) in [6.45, 7) is 0. The van der Waals surface area contributed by atoms with Crippen LogP contribution in [0.4, 0.5) is 4.39 Å². The molecule has 0 saturated carbocycles. The molecule has 6 heteroatoms. The number of hydrogen-bond donors (Lipinski definition) is 1. The topological polar surface area (TPSA) is 50.2 Å². The number of carbonyl (C=O) groups is 1. The second-order valence-electron chi connectivity index (χ2n) is 3.42. The Balaban J connectivity index is 2.73. The van der Waals surface area contributed by atoms with Gasteiger partial charge in [0.05, 0.1) is 15.6 Å². The first-order valence-corrected chi connectivity index (χ1v) is 5.60. The molecule has 0 spiro atoms. The largest absolute Gasteiger partial charge is 0.478 e. The first-order chi connectivity index (χ1) is 8.52. The summed E-state index contributed by atoms with van der Waals surface area (Å²) >= 11 is 11.9. The SMILES string of the molecule is O=C(O)c1ccnc(-c2c(Cl)cccc2Cl)c1F. The molecule has 0 aliphatic rings. The minimum Gasteiger partial charge on any atom is -0.478 e. The molecule has 0 amide bonds. The third-order valence-electron chi connectivity index (χ3n) is 2.32. The smallest absolute Gasteiger partial charge is 0.338 e. The molecule has 0 unspecified atom stereocenters. The van der Waals surface area contributed by atoms with E-state index in [2.05, 4.69) is 4.98 Å². The number of aromatic nitrogens is 1. The average Bonchev–Trinajstić information content (AvgIpc) is 2.30. The fraction of sp³-hybridized carbons (Fsp3) is 0. The van der Waals surface area contributed by atoms with Crippen molar-refractivity contribution in [3.63, 3.8) is 0 Å². The first-order valence-electron chi connectivity index (χ1n) is 4.84. The third kappa shape index (κ3) is 2.17. The van der Waals surface area contributed by atoms with Crippen LogP contribution in [-0.4, -0.2) is 16.1 Å². The Morgan fingerprint density at radius 3 is 2.39 bits per heavy atom. The number of carboxylic acids is 1. The van der Waals surface area contributed by atoms with Gasteiger partial charge in [-0.2, -0.15) is 0 Å². The highest BCUT2D eigenvalue weighted by Gasteiger charge is 2.19. The van der Waals surface area contributed by atoms with Crippen molar-refractivity contribution >= 4 is 29.2 Å². The summed E-state index contributed by atoms with van der Waals surface area (Å²) in [5, 5.41) is 9.25. The molecule has 1 heterocycles. The van der Waals surface area contributed by atoms with Crippen molar-refractivity contribution in [2.45, 2.75) is 0 Å². The molecule has 0 bridgehead atoms. The fourth-order valence-corrected chi connectivity index (χ4v) is 2.08.